The fourth-order valence-corrected chi connectivity index (χ4v) is 5.90. The molecule has 3 aromatic rings. The Balaban J connectivity index is 1.70. The summed E-state index contributed by atoms with van der Waals surface area (Å²) < 4.78 is 79.0. The summed E-state index contributed by atoms with van der Waals surface area (Å²) in [6.45, 7) is 1.51. The van der Waals surface area contributed by atoms with Gasteiger partial charge in [-0.25, -0.2) is 8.42 Å². The Morgan fingerprint density at radius 2 is 1.76 bits per heavy atom. The molecule has 13 heteroatoms. The number of sulfonamides is 1. The Hall–Kier alpha value is -4.26. The molecule has 218 valence electrons. The maximum Gasteiger partial charge on any atom is 0.416 e. The number of carbonyl (C=O) groups excluding carboxylic acids is 2. The second kappa shape index (κ2) is 11.7. The second-order valence-corrected chi connectivity index (χ2v) is 11.1. The highest BCUT2D eigenvalue weighted by atomic mass is 32.2. The molecule has 0 unspecified atom stereocenters. The van der Waals surface area contributed by atoms with E-state index in [-0.39, 0.29) is 28.0 Å². The lowest BCUT2D eigenvalue weighted by Gasteiger charge is -2.25. The summed E-state index contributed by atoms with van der Waals surface area (Å²) in [7, 11) is -1.91. The van der Waals surface area contributed by atoms with Gasteiger partial charge >= 0.3 is 6.18 Å². The van der Waals surface area contributed by atoms with E-state index < -0.39 is 34.2 Å². The highest BCUT2D eigenvalue weighted by molar-refractivity contribution is 7.92. The summed E-state index contributed by atoms with van der Waals surface area (Å²) in [6.07, 6.45) is -3.63. The molecule has 0 atom stereocenters. The number of alkyl halides is 3. The predicted octanol–water partition coefficient (Wildman–Crippen LogP) is 4.99. The van der Waals surface area contributed by atoms with E-state index in [4.69, 9.17) is 9.47 Å². The molecule has 0 radical (unpaired) electrons. The summed E-state index contributed by atoms with van der Waals surface area (Å²) in [5.74, 6) is -0.547. The number of hydrogen-bond acceptors (Lipinski definition) is 6. The first-order chi connectivity index (χ1) is 19.3. The molecule has 1 aliphatic rings. The van der Waals surface area contributed by atoms with E-state index in [0.29, 0.717) is 41.1 Å². The van der Waals surface area contributed by atoms with Crippen LogP contribution in [0.3, 0.4) is 0 Å². The van der Waals surface area contributed by atoms with Gasteiger partial charge in [-0.3, -0.25) is 13.9 Å². The first kappa shape index (κ1) is 29.7. The zero-order chi connectivity index (χ0) is 29.9. The van der Waals surface area contributed by atoms with E-state index >= 15 is 0 Å². The standard InChI is InChI=1S/C28H28F3N3O6S/c1-18-9-10-20(15-23(18)33-13-5-8-27(33)36)32-26(35)17-34(21-7-4-6-19(14-21)28(29,30)31)41(37,38)22-11-12-24(39-2)25(16-22)40-3/h4,6-7,9-12,14-16H,5,8,13,17H2,1-3H3,(H,32,35). The van der Waals surface area contributed by atoms with Crippen molar-refractivity contribution in [3.05, 3.63) is 71.8 Å². The van der Waals surface area contributed by atoms with Crippen LogP contribution in [-0.4, -0.2) is 47.5 Å². The zero-order valence-electron chi connectivity index (χ0n) is 22.5. The van der Waals surface area contributed by atoms with Crippen LogP contribution in [0.2, 0.25) is 0 Å². The lowest BCUT2D eigenvalue weighted by molar-refractivity contribution is -0.137. The molecule has 41 heavy (non-hydrogen) atoms. The van der Waals surface area contributed by atoms with Gasteiger partial charge in [-0.2, -0.15) is 13.2 Å². The van der Waals surface area contributed by atoms with Gasteiger partial charge in [0.2, 0.25) is 11.8 Å². The molecule has 3 aromatic carbocycles. The number of halogens is 3. The van der Waals surface area contributed by atoms with Crippen LogP contribution in [0.5, 0.6) is 11.5 Å². The number of anilines is 3. The van der Waals surface area contributed by atoms with Gasteiger partial charge in [-0.1, -0.05) is 12.1 Å². The number of methoxy groups -OCH3 is 2. The van der Waals surface area contributed by atoms with Crippen LogP contribution in [0.25, 0.3) is 0 Å². The molecule has 9 nitrogen and oxygen atoms in total. The van der Waals surface area contributed by atoms with Crippen molar-refractivity contribution in [3.63, 3.8) is 0 Å². The number of carbonyl (C=O) groups is 2. The average molecular weight is 592 g/mol. The number of amides is 2. The van der Waals surface area contributed by atoms with Crippen molar-refractivity contribution in [2.45, 2.75) is 30.8 Å². The number of ether oxygens (including phenoxy) is 2. The minimum atomic E-state index is -4.75. The Morgan fingerprint density at radius 3 is 2.39 bits per heavy atom. The van der Waals surface area contributed by atoms with Gasteiger partial charge in [0.15, 0.2) is 11.5 Å². The molecule has 2 amide bonds. The molecular formula is C28H28F3N3O6S. The molecule has 0 spiro atoms. The molecule has 0 aromatic heterocycles. The monoisotopic (exact) mass is 591 g/mol. The molecular weight excluding hydrogens is 563 g/mol. The van der Waals surface area contributed by atoms with Crippen molar-refractivity contribution in [2.75, 3.05) is 41.8 Å². The van der Waals surface area contributed by atoms with Crippen LogP contribution in [0.15, 0.2) is 65.6 Å². The van der Waals surface area contributed by atoms with Gasteiger partial charge in [0, 0.05) is 30.4 Å². The van der Waals surface area contributed by atoms with Crippen LogP contribution in [0, 0.1) is 6.92 Å². The van der Waals surface area contributed by atoms with Crippen LogP contribution in [-0.2, 0) is 25.8 Å². The molecule has 0 saturated carbocycles. The number of nitrogens with one attached hydrogen (secondary N) is 1. The summed E-state index contributed by atoms with van der Waals surface area (Å²) in [5.41, 5.74) is 0.263. The summed E-state index contributed by atoms with van der Waals surface area (Å²) in [6, 6.07) is 12.3. The average Bonchev–Trinajstić information content (AvgIpc) is 3.37. The molecule has 1 saturated heterocycles. The minimum Gasteiger partial charge on any atom is -0.493 e. The van der Waals surface area contributed by atoms with Crippen molar-refractivity contribution in [1.29, 1.82) is 0 Å². The Kier molecular flexibility index (Phi) is 8.47. The maximum atomic E-state index is 13.8. The van der Waals surface area contributed by atoms with Gasteiger partial charge in [0.05, 0.1) is 30.4 Å². The largest absolute Gasteiger partial charge is 0.493 e. The molecule has 1 N–H and O–H groups in total. The predicted molar refractivity (Wildman–Crippen MR) is 147 cm³/mol. The number of hydrogen-bond donors (Lipinski definition) is 1. The number of nitrogens with zero attached hydrogens (tertiary/aromatic N) is 2. The highest BCUT2D eigenvalue weighted by Crippen LogP contribution is 2.35. The summed E-state index contributed by atoms with van der Waals surface area (Å²) in [4.78, 5) is 26.7. The van der Waals surface area contributed by atoms with Crippen LogP contribution >= 0.6 is 0 Å². The third-order valence-corrected chi connectivity index (χ3v) is 8.32. The lowest BCUT2D eigenvalue weighted by atomic mass is 10.1. The van der Waals surface area contributed by atoms with Crippen molar-refractivity contribution < 1.29 is 40.7 Å². The lowest BCUT2D eigenvalue weighted by Crippen LogP contribution is -2.38. The fourth-order valence-electron chi connectivity index (χ4n) is 4.47. The molecule has 4 rings (SSSR count). The van der Waals surface area contributed by atoms with Crippen molar-refractivity contribution >= 4 is 38.9 Å². The zero-order valence-corrected chi connectivity index (χ0v) is 23.3. The smallest absolute Gasteiger partial charge is 0.416 e. The van der Waals surface area contributed by atoms with E-state index in [1.54, 1.807) is 23.1 Å². The van der Waals surface area contributed by atoms with E-state index in [9.17, 15) is 31.2 Å². The van der Waals surface area contributed by atoms with Gasteiger partial charge in [0.25, 0.3) is 10.0 Å². The minimum absolute atomic E-state index is 0.0479. The molecule has 0 aliphatic carbocycles. The molecule has 1 heterocycles. The van der Waals surface area contributed by atoms with E-state index in [0.717, 1.165) is 23.8 Å². The van der Waals surface area contributed by atoms with E-state index in [1.807, 2.05) is 6.92 Å². The van der Waals surface area contributed by atoms with Crippen LogP contribution < -0.4 is 24.0 Å². The molecule has 0 bridgehead atoms. The number of rotatable bonds is 9. The Labute approximate surface area is 235 Å². The van der Waals surface area contributed by atoms with Crippen LogP contribution in [0.4, 0.5) is 30.2 Å². The maximum absolute atomic E-state index is 13.8. The van der Waals surface area contributed by atoms with E-state index in [2.05, 4.69) is 5.32 Å². The van der Waals surface area contributed by atoms with E-state index in [1.165, 1.54) is 32.4 Å². The number of benzene rings is 3. The van der Waals surface area contributed by atoms with Gasteiger partial charge in [-0.15, -0.1) is 0 Å². The topological polar surface area (TPSA) is 105 Å². The van der Waals surface area contributed by atoms with Crippen molar-refractivity contribution in [2.24, 2.45) is 0 Å². The third-order valence-electron chi connectivity index (χ3n) is 6.55. The fraction of sp³-hybridized carbons (Fsp3) is 0.286. The summed E-state index contributed by atoms with van der Waals surface area (Å²) in [5, 5.41) is 2.61. The van der Waals surface area contributed by atoms with Gasteiger partial charge < -0.3 is 19.7 Å². The highest BCUT2D eigenvalue weighted by Gasteiger charge is 2.34. The summed E-state index contributed by atoms with van der Waals surface area (Å²) >= 11 is 0. The SMILES string of the molecule is COc1ccc(S(=O)(=O)N(CC(=O)Nc2ccc(C)c(N3CCCC3=O)c2)c2cccc(C(F)(F)F)c2)cc1OC. The van der Waals surface area contributed by atoms with Gasteiger partial charge in [-0.05, 0) is 61.4 Å². The third kappa shape index (κ3) is 6.40. The Bertz CT molecular complexity index is 1580. The first-order valence-electron chi connectivity index (χ1n) is 12.5. The van der Waals surface area contributed by atoms with Crippen molar-refractivity contribution in [3.8, 4) is 11.5 Å². The van der Waals surface area contributed by atoms with Gasteiger partial charge in [0.1, 0.15) is 6.54 Å². The first-order valence-corrected chi connectivity index (χ1v) is 13.9. The molecule has 1 fully saturated rings. The Morgan fingerprint density at radius 1 is 1.02 bits per heavy atom. The second-order valence-electron chi connectivity index (χ2n) is 9.27. The molecule has 1 aliphatic heterocycles. The quantitative estimate of drug-likeness (QED) is 0.376. The van der Waals surface area contributed by atoms with Crippen molar-refractivity contribution in [1.82, 2.24) is 0 Å². The normalized spacial score (nSPS) is 13.7. The number of aryl methyl sites for hydroxylation is 1. The van der Waals surface area contributed by atoms with Crippen LogP contribution in [0.1, 0.15) is 24.0 Å².